The lowest BCUT2D eigenvalue weighted by Crippen LogP contribution is -2.45. The zero-order chi connectivity index (χ0) is 15.0. The summed E-state index contributed by atoms with van der Waals surface area (Å²) in [6, 6.07) is 5.41. The number of hydrogen-bond acceptors (Lipinski definition) is 3. The number of likely N-dealkylation sites (tertiary alicyclic amines) is 1. The van der Waals surface area contributed by atoms with Gasteiger partial charge in [0.1, 0.15) is 4.90 Å². The average molecular weight is 349 g/mol. The molecule has 0 amide bonds. The van der Waals surface area contributed by atoms with Crippen LogP contribution in [0.3, 0.4) is 0 Å². The largest absolute Gasteiger partial charge is 0.300 e. The Morgan fingerprint density at radius 2 is 1.62 bits per heavy atom. The zero-order valence-corrected chi connectivity index (χ0v) is 13.9. The molecule has 1 N–H and O–H groups in total. The summed E-state index contributed by atoms with van der Waals surface area (Å²) in [4.78, 5) is 2.44. The third kappa shape index (κ3) is 3.54. The van der Waals surface area contributed by atoms with Gasteiger partial charge in [-0.2, -0.15) is 0 Å². The van der Waals surface area contributed by atoms with Crippen molar-refractivity contribution in [2.24, 2.45) is 0 Å². The molecule has 3 rings (SSSR count). The van der Waals surface area contributed by atoms with Crippen LogP contribution in [0.25, 0.3) is 0 Å². The molecule has 1 aromatic rings. The van der Waals surface area contributed by atoms with E-state index in [4.69, 9.17) is 23.2 Å². The van der Waals surface area contributed by atoms with E-state index in [9.17, 15) is 8.42 Å². The summed E-state index contributed by atoms with van der Waals surface area (Å²) in [5, 5.41) is 0.316. The molecule has 0 unspecified atom stereocenters. The van der Waals surface area contributed by atoms with Crippen LogP contribution in [0.1, 0.15) is 25.7 Å². The Labute approximate surface area is 135 Å². The van der Waals surface area contributed by atoms with E-state index >= 15 is 0 Å². The van der Waals surface area contributed by atoms with E-state index in [1.807, 2.05) is 0 Å². The number of nitrogens with zero attached hydrogens (tertiary/aromatic N) is 1. The minimum Gasteiger partial charge on any atom is -0.300 e. The number of nitrogens with one attached hydrogen (secondary N) is 1. The fraction of sp³-hybridized carbons (Fsp3) is 0.571. The molecule has 1 aliphatic heterocycles. The molecule has 2 fully saturated rings. The first kappa shape index (κ1) is 15.6. The Kier molecular flexibility index (Phi) is 4.48. The second-order valence-corrected chi connectivity index (χ2v) is 8.18. The van der Waals surface area contributed by atoms with Gasteiger partial charge in [-0.05, 0) is 50.9 Å². The van der Waals surface area contributed by atoms with Crippen molar-refractivity contribution in [2.75, 3.05) is 13.1 Å². The highest BCUT2D eigenvalue weighted by Gasteiger charge is 2.33. The normalized spacial score (nSPS) is 21.6. The maximum absolute atomic E-state index is 12.5. The highest BCUT2D eigenvalue weighted by Crippen LogP contribution is 2.31. The Hall–Kier alpha value is -0.330. The van der Waals surface area contributed by atoms with Gasteiger partial charge in [0.05, 0.1) is 10.0 Å². The number of rotatable bonds is 4. The molecule has 1 aliphatic carbocycles. The second kappa shape index (κ2) is 6.05. The van der Waals surface area contributed by atoms with Gasteiger partial charge in [-0.3, -0.25) is 0 Å². The van der Waals surface area contributed by atoms with E-state index in [1.165, 1.54) is 25.0 Å². The lowest BCUT2D eigenvalue weighted by molar-refractivity contribution is 0.199. The number of piperidine rings is 1. The minimum atomic E-state index is -3.68. The van der Waals surface area contributed by atoms with E-state index in [-0.39, 0.29) is 21.0 Å². The van der Waals surface area contributed by atoms with Crippen LogP contribution in [0, 0.1) is 0 Å². The molecule has 0 spiro atoms. The van der Waals surface area contributed by atoms with E-state index in [0.29, 0.717) is 0 Å². The molecule has 2 aliphatic rings. The first-order valence-electron chi connectivity index (χ1n) is 7.18. The van der Waals surface area contributed by atoms with Crippen LogP contribution in [-0.4, -0.2) is 38.5 Å². The molecular formula is C14H18Cl2N2O2S. The zero-order valence-electron chi connectivity index (χ0n) is 11.6. The monoisotopic (exact) mass is 348 g/mol. The van der Waals surface area contributed by atoms with Gasteiger partial charge in [-0.25, -0.2) is 13.1 Å². The summed E-state index contributed by atoms with van der Waals surface area (Å²) in [5.74, 6) is 0. The quantitative estimate of drug-likeness (QED) is 0.909. The summed E-state index contributed by atoms with van der Waals surface area (Å²) in [6.45, 7) is 1.90. The summed E-state index contributed by atoms with van der Waals surface area (Å²) >= 11 is 12.0. The van der Waals surface area contributed by atoms with Gasteiger partial charge < -0.3 is 4.90 Å². The van der Waals surface area contributed by atoms with Crippen molar-refractivity contribution >= 4 is 33.2 Å². The van der Waals surface area contributed by atoms with Crippen molar-refractivity contribution in [1.29, 1.82) is 0 Å². The Balaban J connectivity index is 1.69. The highest BCUT2D eigenvalue weighted by atomic mass is 35.5. The molecule has 0 bridgehead atoms. The third-order valence-electron chi connectivity index (χ3n) is 4.10. The molecule has 0 radical (unpaired) electrons. The number of hydrogen-bond donors (Lipinski definition) is 1. The van der Waals surface area contributed by atoms with Gasteiger partial charge in [0.25, 0.3) is 0 Å². The van der Waals surface area contributed by atoms with Gasteiger partial charge in [-0.1, -0.05) is 29.3 Å². The van der Waals surface area contributed by atoms with E-state index < -0.39 is 10.0 Å². The molecule has 116 valence electrons. The molecular weight excluding hydrogens is 331 g/mol. The Bertz CT molecular complexity index is 604. The predicted octanol–water partition coefficient (Wildman–Crippen LogP) is 2.90. The van der Waals surface area contributed by atoms with Crippen molar-refractivity contribution < 1.29 is 8.42 Å². The van der Waals surface area contributed by atoms with Crippen molar-refractivity contribution in [3.63, 3.8) is 0 Å². The first-order chi connectivity index (χ1) is 9.97. The third-order valence-corrected chi connectivity index (χ3v) is 6.58. The van der Waals surface area contributed by atoms with Crippen LogP contribution in [0.5, 0.6) is 0 Å². The summed E-state index contributed by atoms with van der Waals surface area (Å²) < 4.78 is 27.7. The lowest BCUT2D eigenvalue weighted by Gasteiger charge is -2.32. The highest BCUT2D eigenvalue weighted by molar-refractivity contribution is 7.89. The number of sulfonamides is 1. The standard InChI is InChI=1S/C14H18Cl2N2O2S/c15-12-2-1-3-13(16)14(12)21(19,20)17-10-6-8-18(9-7-10)11-4-5-11/h1-3,10-11,17H,4-9H2. The molecule has 4 nitrogen and oxygen atoms in total. The molecule has 1 heterocycles. The van der Waals surface area contributed by atoms with E-state index in [2.05, 4.69) is 9.62 Å². The maximum Gasteiger partial charge on any atom is 0.243 e. The summed E-state index contributed by atoms with van der Waals surface area (Å²) in [5.41, 5.74) is 0. The average Bonchev–Trinajstić information content (AvgIpc) is 3.23. The topological polar surface area (TPSA) is 49.4 Å². The van der Waals surface area contributed by atoms with E-state index in [0.717, 1.165) is 32.0 Å². The van der Waals surface area contributed by atoms with Crippen LogP contribution in [0.2, 0.25) is 10.0 Å². The van der Waals surface area contributed by atoms with Crippen LogP contribution < -0.4 is 4.72 Å². The fourth-order valence-corrected chi connectivity index (χ4v) is 5.29. The van der Waals surface area contributed by atoms with Gasteiger partial charge in [0.2, 0.25) is 10.0 Å². The first-order valence-corrected chi connectivity index (χ1v) is 9.41. The summed E-state index contributed by atoms with van der Waals surface area (Å²) in [6.07, 6.45) is 4.23. The Morgan fingerprint density at radius 1 is 1.05 bits per heavy atom. The fourth-order valence-electron chi connectivity index (χ4n) is 2.84. The molecule has 21 heavy (non-hydrogen) atoms. The number of halogens is 2. The van der Waals surface area contributed by atoms with Gasteiger partial charge in [-0.15, -0.1) is 0 Å². The van der Waals surface area contributed by atoms with Crippen LogP contribution >= 0.6 is 23.2 Å². The Morgan fingerprint density at radius 3 is 2.14 bits per heavy atom. The molecule has 1 aromatic carbocycles. The molecule has 1 saturated carbocycles. The number of benzene rings is 1. The van der Waals surface area contributed by atoms with Crippen molar-refractivity contribution in [1.82, 2.24) is 9.62 Å². The van der Waals surface area contributed by atoms with Gasteiger partial charge >= 0.3 is 0 Å². The molecule has 1 saturated heterocycles. The predicted molar refractivity (Wildman–Crippen MR) is 84.4 cm³/mol. The van der Waals surface area contributed by atoms with Gasteiger partial charge in [0, 0.05) is 12.1 Å². The van der Waals surface area contributed by atoms with Gasteiger partial charge in [0.15, 0.2) is 0 Å². The smallest absolute Gasteiger partial charge is 0.243 e. The van der Waals surface area contributed by atoms with Crippen molar-refractivity contribution in [3.05, 3.63) is 28.2 Å². The molecule has 7 heteroatoms. The van der Waals surface area contributed by atoms with Crippen LogP contribution in [0.15, 0.2) is 23.1 Å². The van der Waals surface area contributed by atoms with E-state index in [1.54, 1.807) is 6.07 Å². The lowest BCUT2D eigenvalue weighted by atomic mass is 10.1. The SMILES string of the molecule is O=S(=O)(NC1CCN(C2CC2)CC1)c1c(Cl)cccc1Cl. The second-order valence-electron chi connectivity index (χ2n) is 5.71. The maximum atomic E-state index is 12.5. The minimum absolute atomic E-state index is 0.0158. The molecule has 0 atom stereocenters. The van der Waals surface area contributed by atoms with Crippen molar-refractivity contribution in [2.45, 2.75) is 42.7 Å². The molecule has 0 aromatic heterocycles. The summed E-state index contributed by atoms with van der Waals surface area (Å²) in [7, 11) is -3.68. The van der Waals surface area contributed by atoms with Crippen molar-refractivity contribution in [3.8, 4) is 0 Å². The van der Waals surface area contributed by atoms with Crippen LogP contribution in [0.4, 0.5) is 0 Å². The van der Waals surface area contributed by atoms with Crippen LogP contribution in [-0.2, 0) is 10.0 Å².